The zero-order valence-electron chi connectivity index (χ0n) is 5.32. The predicted molar refractivity (Wildman–Crippen MR) is 41.6 cm³/mol. The maximum absolute atomic E-state index is 10.1. The molecule has 0 unspecified atom stereocenters. The van der Waals surface area contributed by atoms with Crippen molar-refractivity contribution < 1.29 is 19.3 Å². The number of hydrogen-bond acceptors (Lipinski definition) is 4. The Morgan fingerprint density at radius 2 is 2.27 bits per heavy atom. The number of rotatable bonds is 2. The van der Waals surface area contributed by atoms with Crippen LogP contribution in [0, 0.1) is 0 Å². The molecule has 0 saturated heterocycles. The molecule has 6 heteroatoms. The molecule has 1 aromatic rings. The minimum Gasteiger partial charge on any atom is -0.461 e. The third-order valence-corrected chi connectivity index (χ3v) is 1.70. The Hall–Kier alpha value is -0.585. The molecule has 2 N–H and O–H groups in total. The fourth-order valence-electron chi connectivity index (χ4n) is 0.635. The van der Waals surface area contributed by atoms with E-state index in [9.17, 15) is 4.79 Å². The molecule has 58 valence electrons. The Kier molecular flexibility index (Phi) is 2.48. The van der Waals surface area contributed by atoms with Crippen molar-refractivity contribution in [1.82, 2.24) is 0 Å². The average Bonchev–Trinajstić information content (AvgIpc) is 2.30. The largest absolute Gasteiger partial charge is 0.527 e. The minimum atomic E-state index is -1.70. The summed E-state index contributed by atoms with van der Waals surface area (Å²) in [6, 6.07) is 1.36. The number of furan rings is 1. The van der Waals surface area contributed by atoms with Crippen molar-refractivity contribution in [1.29, 1.82) is 0 Å². The van der Waals surface area contributed by atoms with E-state index in [-0.39, 0.29) is 11.4 Å². The maximum Gasteiger partial charge on any atom is 0.527 e. The number of halogens is 1. The van der Waals surface area contributed by atoms with E-state index in [4.69, 9.17) is 14.5 Å². The lowest BCUT2D eigenvalue weighted by Crippen LogP contribution is -2.29. The van der Waals surface area contributed by atoms with E-state index in [0.717, 1.165) is 0 Å². The van der Waals surface area contributed by atoms with Crippen LogP contribution in [0.4, 0.5) is 0 Å². The molecule has 0 radical (unpaired) electrons. The van der Waals surface area contributed by atoms with Crippen molar-refractivity contribution in [3.8, 4) is 0 Å². The Bertz CT molecular complexity index is 269. The second-order valence-corrected chi connectivity index (χ2v) is 2.71. The highest BCUT2D eigenvalue weighted by molar-refractivity contribution is 9.10. The topological polar surface area (TPSA) is 70.7 Å². The molecule has 4 nitrogen and oxygen atoms in total. The minimum absolute atomic E-state index is 0.0555. The van der Waals surface area contributed by atoms with Gasteiger partial charge in [0, 0.05) is 6.07 Å². The molecule has 1 heterocycles. The van der Waals surface area contributed by atoms with E-state index in [1.54, 1.807) is 0 Å². The Morgan fingerprint density at radius 3 is 2.55 bits per heavy atom. The first kappa shape index (κ1) is 8.51. The van der Waals surface area contributed by atoms with Crippen molar-refractivity contribution >= 4 is 35.0 Å². The lowest BCUT2D eigenvalue weighted by Gasteiger charge is -1.91. The highest BCUT2D eigenvalue weighted by Crippen LogP contribution is 2.10. The summed E-state index contributed by atoms with van der Waals surface area (Å²) in [5, 5.41) is 17.3. The van der Waals surface area contributed by atoms with Crippen molar-refractivity contribution in [3.05, 3.63) is 16.3 Å². The summed E-state index contributed by atoms with van der Waals surface area (Å²) in [5.74, 6) is 0.0555. The standard InChI is InChI=1S/C5H4BBrO4/c7-4-1-3(2-8)11-5(4)6(9)10/h1-2,9-10H. The van der Waals surface area contributed by atoms with E-state index in [0.29, 0.717) is 10.8 Å². The second kappa shape index (κ2) is 3.21. The van der Waals surface area contributed by atoms with Crippen LogP contribution in [0.5, 0.6) is 0 Å². The van der Waals surface area contributed by atoms with Gasteiger partial charge in [-0.15, -0.1) is 0 Å². The highest BCUT2D eigenvalue weighted by Gasteiger charge is 2.20. The van der Waals surface area contributed by atoms with Crippen LogP contribution in [0.1, 0.15) is 10.6 Å². The third-order valence-electron chi connectivity index (χ3n) is 1.08. The monoisotopic (exact) mass is 218 g/mol. The summed E-state index contributed by atoms with van der Waals surface area (Å²) >= 11 is 2.99. The van der Waals surface area contributed by atoms with E-state index in [2.05, 4.69) is 15.9 Å². The summed E-state index contributed by atoms with van der Waals surface area (Å²) < 4.78 is 5.08. The van der Waals surface area contributed by atoms with Crippen LogP contribution in [0.15, 0.2) is 15.0 Å². The molecule has 0 amide bonds. The van der Waals surface area contributed by atoms with Crippen LogP contribution < -0.4 is 5.66 Å². The zero-order chi connectivity index (χ0) is 8.43. The predicted octanol–water partition coefficient (Wildman–Crippen LogP) is -0.466. The average molecular weight is 219 g/mol. The van der Waals surface area contributed by atoms with Crippen LogP contribution >= 0.6 is 15.9 Å². The van der Waals surface area contributed by atoms with Gasteiger partial charge in [0.2, 0.25) is 0 Å². The Balaban J connectivity index is 3.06. The molecule has 0 fully saturated rings. The smallest absolute Gasteiger partial charge is 0.461 e. The SMILES string of the molecule is O=Cc1cc(Br)c(B(O)O)o1. The van der Waals surface area contributed by atoms with Crippen LogP contribution in [-0.4, -0.2) is 23.5 Å². The molecule has 0 aliphatic carbocycles. The normalized spacial score (nSPS) is 9.73. The van der Waals surface area contributed by atoms with Crippen molar-refractivity contribution in [2.45, 2.75) is 0 Å². The first-order chi connectivity index (χ1) is 5.15. The summed E-state index contributed by atoms with van der Waals surface area (Å²) in [4.78, 5) is 10.1. The van der Waals surface area contributed by atoms with Crippen LogP contribution in [-0.2, 0) is 0 Å². The fraction of sp³-hybridized carbons (Fsp3) is 0. The van der Waals surface area contributed by atoms with Gasteiger partial charge in [0.1, 0.15) is 5.66 Å². The number of aldehydes is 1. The summed E-state index contributed by atoms with van der Waals surface area (Å²) in [5.41, 5.74) is -0.0629. The summed E-state index contributed by atoms with van der Waals surface area (Å²) in [6.45, 7) is 0. The first-order valence-corrected chi connectivity index (χ1v) is 3.55. The number of carbonyl (C=O) groups is 1. The molecule has 0 bridgehead atoms. The van der Waals surface area contributed by atoms with Gasteiger partial charge in [0.25, 0.3) is 0 Å². The van der Waals surface area contributed by atoms with Gasteiger partial charge in [-0.2, -0.15) is 0 Å². The van der Waals surface area contributed by atoms with Gasteiger partial charge in [0.05, 0.1) is 4.47 Å². The Labute approximate surface area is 71.1 Å². The van der Waals surface area contributed by atoms with Gasteiger partial charge < -0.3 is 14.5 Å². The van der Waals surface area contributed by atoms with E-state index in [1.807, 2.05) is 0 Å². The van der Waals surface area contributed by atoms with Gasteiger partial charge in [-0.3, -0.25) is 4.79 Å². The quantitative estimate of drug-likeness (QED) is 0.521. The maximum atomic E-state index is 10.1. The molecule has 1 rings (SSSR count). The van der Waals surface area contributed by atoms with E-state index >= 15 is 0 Å². The molecular formula is C5H4BBrO4. The molecule has 0 atom stereocenters. The lowest BCUT2D eigenvalue weighted by atomic mass is 9.88. The van der Waals surface area contributed by atoms with Crippen molar-refractivity contribution in [2.24, 2.45) is 0 Å². The van der Waals surface area contributed by atoms with Gasteiger partial charge in [0.15, 0.2) is 12.0 Å². The summed E-state index contributed by atoms with van der Waals surface area (Å²) in [7, 11) is -1.70. The van der Waals surface area contributed by atoms with Gasteiger partial charge in [-0.05, 0) is 15.9 Å². The second-order valence-electron chi connectivity index (χ2n) is 1.85. The molecular weight excluding hydrogens is 215 g/mol. The van der Waals surface area contributed by atoms with Gasteiger partial charge in [-0.1, -0.05) is 0 Å². The molecule has 0 saturated carbocycles. The van der Waals surface area contributed by atoms with Crippen LogP contribution in [0.2, 0.25) is 0 Å². The van der Waals surface area contributed by atoms with E-state index < -0.39 is 7.12 Å². The Morgan fingerprint density at radius 1 is 1.64 bits per heavy atom. The molecule has 0 aliphatic heterocycles. The fourth-order valence-corrected chi connectivity index (χ4v) is 1.15. The summed E-state index contributed by atoms with van der Waals surface area (Å²) in [6.07, 6.45) is 0.483. The first-order valence-electron chi connectivity index (χ1n) is 2.75. The molecule has 0 aromatic carbocycles. The third kappa shape index (κ3) is 1.71. The zero-order valence-corrected chi connectivity index (χ0v) is 6.91. The molecule has 0 aliphatic rings. The van der Waals surface area contributed by atoms with Crippen LogP contribution in [0.25, 0.3) is 0 Å². The van der Waals surface area contributed by atoms with E-state index in [1.165, 1.54) is 6.07 Å². The molecule has 11 heavy (non-hydrogen) atoms. The van der Waals surface area contributed by atoms with Gasteiger partial charge in [-0.25, -0.2) is 0 Å². The van der Waals surface area contributed by atoms with Crippen molar-refractivity contribution in [2.75, 3.05) is 0 Å². The van der Waals surface area contributed by atoms with Crippen LogP contribution in [0.3, 0.4) is 0 Å². The lowest BCUT2D eigenvalue weighted by molar-refractivity contribution is 0.110. The molecule has 0 spiro atoms. The van der Waals surface area contributed by atoms with Gasteiger partial charge >= 0.3 is 7.12 Å². The van der Waals surface area contributed by atoms with Crippen molar-refractivity contribution in [3.63, 3.8) is 0 Å². The number of hydrogen-bond donors (Lipinski definition) is 2. The molecule has 1 aromatic heterocycles. The number of carbonyl (C=O) groups excluding carboxylic acids is 1. The highest BCUT2D eigenvalue weighted by atomic mass is 79.9.